The number of carbonyl (C=O) groups is 1. The molecule has 1 N–H and O–H groups in total. The lowest BCUT2D eigenvalue weighted by Crippen LogP contribution is -2.40. The monoisotopic (exact) mass is 512 g/mol. The van der Waals surface area contributed by atoms with Crippen LogP contribution in [0.15, 0.2) is 83.8 Å². The molecule has 10 heteroatoms. The third kappa shape index (κ3) is 4.76. The number of ether oxygens (including phenoxy) is 4. The van der Waals surface area contributed by atoms with Crippen molar-refractivity contribution in [1.29, 1.82) is 0 Å². The summed E-state index contributed by atoms with van der Waals surface area (Å²) in [4.78, 5) is 28.2. The zero-order chi connectivity index (χ0) is 25.9. The molecule has 2 aliphatic rings. The van der Waals surface area contributed by atoms with E-state index < -0.39 is 5.56 Å². The van der Waals surface area contributed by atoms with Crippen molar-refractivity contribution in [2.45, 2.75) is 0 Å². The molecular weight excluding hydrogens is 488 g/mol. The van der Waals surface area contributed by atoms with Crippen LogP contribution in [0, 0.1) is 0 Å². The Morgan fingerprint density at radius 2 is 1.68 bits per heavy atom. The van der Waals surface area contributed by atoms with Crippen molar-refractivity contribution in [3.8, 4) is 28.7 Å². The van der Waals surface area contributed by atoms with Crippen LogP contribution in [0.25, 0.3) is 5.69 Å². The number of nitrogens with one attached hydrogen (secondary N) is 1. The van der Waals surface area contributed by atoms with E-state index in [1.165, 1.54) is 10.9 Å². The normalized spacial score (nSPS) is 14.3. The molecule has 0 bridgehead atoms. The predicted molar refractivity (Wildman–Crippen MR) is 139 cm³/mol. The number of para-hydroxylation sites is 1. The Hall–Kier alpha value is -4.83. The molecule has 3 aromatic carbocycles. The van der Waals surface area contributed by atoms with Gasteiger partial charge in [0.2, 0.25) is 6.79 Å². The highest BCUT2D eigenvalue weighted by Gasteiger charge is 2.20. The molecule has 6 rings (SSSR count). The van der Waals surface area contributed by atoms with Crippen molar-refractivity contribution >= 4 is 17.3 Å². The van der Waals surface area contributed by atoms with Crippen LogP contribution in [0.2, 0.25) is 0 Å². The van der Waals surface area contributed by atoms with Gasteiger partial charge >= 0.3 is 0 Å². The zero-order valence-electron chi connectivity index (χ0n) is 20.3. The number of aromatic nitrogens is 2. The highest BCUT2D eigenvalue weighted by Crippen LogP contribution is 2.37. The van der Waals surface area contributed by atoms with Gasteiger partial charge in [0.25, 0.3) is 11.5 Å². The van der Waals surface area contributed by atoms with E-state index in [1.807, 2.05) is 18.2 Å². The molecule has 10 nitrogen and oxygen atoms in total. The van der Waals surface area contributed by atoms with Gasteiger partial charge in [-0.25, -0.2) is 0 Å². The molecule has 0 aliphatic carbocycles. The summed E-state index contributed by atoms with van der Waals surface area (Å²) in [6.07, 6.45) is 1.48. The third-order valence-corrected chi connectivity index (χ3v) is 6.22. The van der Waals surface area contributed by atoms with E-state index in [0.717, 1.165) is 0 Å². The third-order valence-electron chi connectivity index (χ3n) is 6.22. The van der Waals surface area contributed by atoms with Crippen molar-refractivity contribution in [2.24, 2.45) is 0 Å². The summed E-state index contributed by atoms with van der Waals surface area (Å²) in [6, 6.07) is 21.3. The number of benzene rings is 3. The van der Waals surface area contributed by atoms with Crippen LogP contribution in [0.5, 0.6) is 23.0 Å². The fraction of sp³-hybridized carbons (Fsp3) is 0.179. The van der Waals surface area contributed by atoms with E-state index >= 15 is 0 Å². The van der Waals surface area contributed by atoms with Gasteiger partial charge in [0.1, 0.15) is 5.75 Å². The van der Waals surface area contributed by atoms with Crippen LogP contribution in [0.3, 0.4) is 0 Å². The van der Waals surface area contributed by atoms with Crippen molar-refractivity contribution in [3.63, 3.8) is 0 Å². The Balaban J connectivity index is 1.32. The second kappa shape index (κ2) is 10.3. The van der Waals surface area contributed by atoms with Crippen LogP contribution in [0.4, 0.5) is 11.4 Å². The molecule has 0 radical (unpaired) electrons. The lowest BCUT2D eigenvalue weighted by atomic mass is 10.1. The average Bonchev–Trinajstić information content (AvgIpc) is 3.44. The van der Waals surface area contributed by atoms with E-state index in [2.05, 4.69) is 10.4 Å². The molecular formula is C28H24N4O6. The van der Waals surface area contributed by atoms with Crippen molar-refractivity contribution in [1.82, 2.24) is 14.7 Å². The van der Waals surface area contributed by atoms with Gasteiger partial charge in [0, 0.05) is 30.4 Å². The van der Waals surface area contributed by atoms with Gasteiger partial charge in [-0.15, -0.1) is 0 Å². The Kier molecular flexibility index (Phi) is 6.37. The quantitative estimate of drug-likeness (QED) is 0.414. The summed E-state index contributed by atoms with van der Waals surface area (Å²) in [6.45, 7) is 2.34. The minimum absolute atomic E-state index is 0.0537. The standard InChI is InChI=1S/C28H24N4O6/c33-27(31-12-14-35-15-13-31)19-6-8-20(9-7-19)30-26-25(38-22-10-11-23-24(16-22)37-18-36-23)17-29-32(28(26)34)21-4-2-1-3-5-21/h1-11,16-17,30H,12-15,18H2. The number of hydrogen-bond acceptors (Lipinski definition) is 8. The second-order valence-corrected chi connectivity index (χ2v) is 8.66. The van der Waals surface area contributed by atoms with Gasteiger partial charge in [0.15, 0.2) is 22.9 Å². The Morgan fingerprint density at radius 3 is 2.47 bits per heavy atom. The second-order valence-electron chi connectivity index (χ2n) is 8.66. The SMILES string of the molecule is O=C(c1ccc(Nc2c(Oc3ccc4c(c3)OCO4)cnn(-c3ccccc3)c2=O)cc1)N1CCOCC1. The fourth-order valence-corrected chi connectivity index (χ4v) is 4.24. The van der Waals surface area contributed by atoms with Gasteiger partial charge in [-0.05, 0) is 48.5 Å². The first-order valence-corrected chi connectivity index (χ1v) is 12.1. The van der Waals surface area contributed by atoms with Crippen LogP contribution in [-0.4, -0.2) is 53.7 Å². The van der Waals surface area contributed by atoms with E-state index in [1.54, 1.807) is 59.5 Å². The Morgan fingerprint density at radius 1 is 0.921 bits per heavy atom. The molecule has 0 atom stereocenters. The molecule has 192 valence electrons. The van der Waals surface area contributed by atoms with Gasteiger partial charge < -0.3 is 29.2 Å². The maximum atomic E-state index is 13.6. The number of morpholine rings is 1. The molecule has 1 amide bonds. The van der Waals surface area contributed by atoms with E-state index in [9.17, 15) is 9.59 Å². The molecule has 0 spiro atoms. The van der Waals surface area contributed by atoms with Crippen molar-refractivity contribution < 1.29 is 23.7 Å². The van der Waals surface area contributed by atoms with Crippen LogP contribution < -0.4 is 25.1 Å². The molecule has 1 fully saturated rings. The first-order chi connectivity index (χ1) is 18.7. The van der Waals surface area contributed by atoms with Crippen molar-refractivity contribution in [2.75, 3.05) is 38.4 Å². The molecule has 1 aromatic heterocycles. The Labute approximate surface area is 217 Å². The smallest absolute Gasteiger partial charge is 0.299 e. The van der Waals surface area contributed by atoms with Crippen LogP contribution in [0.1, 0.15) is 10.4 Å². The predicted octanol–water partition coefficient (Wildman–Crippen LogP) is 3.97. The summed E-state index contributed by atoms with van der Waals surface area (Å²) in [5.74, 6) is 1.82. The van der Waals surface area contributed by atoms with Crippen molar-refractivity contribution in [3.05, 3.63) is 94.9 Å². The summed E-state index contributed by atoms with van der Waals surface area (Å²) >= 11 is 0. The average molecular weight is 513 g/mol. The van der Waals surface area contributed by atoms with Gasteiger partial charge in [-0.1, -0.05) is 18.2 Å². The lowest BCUT2D eigenvalue weighted by molar-refractivity contribution is 0.0303. The van der Waals surface area contributed by atoms with Gasteiger partial charge in [0.05, 0.1) is 25.1 Å². The molecule has 0 unspecified atom stereocenters. The molecule has 4 aromatic rings. The lowest BCUT2D eigenvalue weighted by Gasteiger charge is -2.26. The zero-order valence-corrected chi connectivity index (χ0v) is 20.3. The van der Waals surface area contributed by atoms with Crippen LogP contribution in [-0.2, 0) is 4.74 Å². The van der Waals surface area contributed by atoms with E-state index in [0.29, 0.717) is 60.5 Å². The van der Waals surface area contributed by atoms with Crippen LogP contribution >= 0.6 is 0 Å². The molecule has 0 saturated carbocycles. The summed E-state index contributed by atoms with van der Waals surface area (Å²) < 4.78 is 23.5. The first-order valence-electron chi connectivity index (χ1n) is 12.1. The largest absolute Gasteiger partial charge is 0.454 e. The number of fused-ring (bicyclic) bond motifs is 1. The van der Waals surface area contributed by atoms with Gasteiger partial charge in [-0.2, -0.15) is 9.78 Å². The molecule has 2 aliphatic heterocycles. The highest BCUT2D eigenvalue weighted by atomic mass is 16.7. The molecule has 1 saturated heterocycles. The maximum Gasteiger partial charge on any atom is 0.299 e. The van der Waals surface area contributed by atoms with Gasteiger partial charge in [-0.3, -0.25) is 9.59 Å². The minimum Gasteiger partial charge on any atom is -0.454 e. The highest BCUT2D eigenvalue weighted by molar-refractivity contribution is 5.94. The number of carbonyl (C=O) groups excluding carboxylic acids is 1. The number of nitrogens with zero attached hydrogens (tertiary/aromatic N) is 3. The molecule has 3 heterocycles. The number of amides is 1. The summed E-state index contributed by atoms with van der Waals surface area (Å²) in [5, 5.41) is 7.50. The number of anilines is 2. The van der Waals surface area contributed by atoms with E-state index in [-0.39, 0.29) is 24.1 Å². The summed E-state index contributed by atoms with van der Waals surface area (Å²) in [5.41, 5.74) is 1.58. The Bertz CT molecular complexity index is 1520. The fourth-order valence-electron chi connectivity index (χ4n) is 4.24. The number of rotatable bonds is 6. The summed E-state index contributed by atoms with van der Waals surface area (Å²) in [7, 11) is 0. The topological polar surface area (TPSA) is 104 Å². The first kappa shape index (κ1) is 23.6. The minimum atomic E-state index is -0.400. The van der Waals surface area contributed by atoms with E-state index in [4.69, 9.17) is 18.9 Å². The maximum absolute atomic E-state index is 13.6. The number of hydrogen-bond donors (Lipinski definition) is 1. The molecule has 38 heavy (non-hydrogen) atoms.